The predicted molar refractivity (Wildman–Crippen MR) is 73.9 cm³/mol. The van der Waals surface area contributed by atoms with Gasteiger partial charge in [0.2, 0.25) is 0 Å². The molecule has 0 aromatic heterocycles. The van der Waals surface area contributed by atoms with E-state index in [-0.39, 0.29) is 0 Å². The van der Waals surface area contributed by atoms with Crippen LogP contribution in [0.2, 0.25) is 0 Å². The van der Waals surface area contributed by atoms with Crippen molar-refractivity contribution in [1.29, 1.82) is 0 Å². The molecule has 1 saturated heterocycles. The number of hydrogen-bond acceptors (Lipinski definition) is 2. The van der Waals surface area contributed by atoms with E-state index in [9.17, 15) is 0 Å². The molecule has 0 bridgehead atoms. The predicted octanol–water partition coefficient (Wildman–Crippen LogP) is 2.87. The summed E-state index contributed by atoms with van der Waals surface area (Å²) in [5, 5.41) is 0. The van der Waals surface area contributed by atoms with E-state index >= 15 is 0 Å². The van der Waals surface area contributed by atoms with E-state index in [4.69, 9.17) is 5.73 Å². The summed E-state index contributed by atoms with van der Waals surface area (Å²) in [6.07, 6.45) is 6.85. The van der Waals surface area contributed by atoms with Crippen molar-refractivity contribution in [3.63, 3.8) is 0 Å². The third kappa shape index (κ3) is 3.45. The van der Waals surface area contributed by atoms with Crippen LogP contribution in [0.4, 0.5) is 0 Å². The minimum atomic E-state index is 0.549. The van der Waals surface area contributed by atoms with Crippen molar-refractivity contribution in [3.8, 4) is 0 Å². The fraction of sp³-hybridized carbons (Fsp3) is 1.00. The van der Waals surface area contributed by atoms with E-state index in [2.05, 4.69) is 25.7 Å². The normalized spacial score (nSPS) is 36.0. The Hall–Kier alpha value is -0.0800. The van der Waals surface area contributed by atoms with E-state index in [1.54, 1.807) is 0 Å². The molecule has 2 rings (SSSR count). The molecule has 0 unspecified atom stereocenters. The smallest absolute Gasteiger partial charge is 0.0103 e. The van der Waals surface area contributed by atoms with Crippen molar-refractivity contribution < 1.29 is 0 Å². The second kappa shape index (κ2) is 5.27. The molecule has 1 heterocycles. The minimum Gasteiger partial charge on any atom is -0.330 e. The van der Waals surface area contributed by atoms with Gasteiger partial charge in [-0.2, -0.15) is 0 Å². The maximum absolute atomic E-state index is 5.77. The molecule has 2 atom stereocenters. The highest BCUT2D eigenvalue weighted by Crippen LogP contribution is 2.41. The highest BCUT2D eigenvalue weighted by Gasteiger charge is 2.35. The fourth-order valence-corrected chi connectivity index (χ4v) is 4.13. The Morgan fingerprint density at radius 2 is 1.82 bits per heavy atom. The number of rotatable bonds is 2. The van der Waals surface area contributed by atoms with Gasteiger partial charge in [0.15, 0.2) is 0 Å². The van der Waals surface area contributed by atoms with Gasteiger partial charge in [-0.05, 0) is 69.0 Å². The van der Waals surface area contributed by atoms with Gasteiger partial charge in [-0.25, -0.2) is 0 Å². The molecule has 0 aromatic carbocycles. The van der Waals surface area contributed by atoms with Gasteiger partial charge in [-0.15, -0.1) is 0 Å². The molecule has 0 radical (unpaired) electrons. The second-order valence-corrected chi connectivity index (χ2v) is 7.28. The maximum Gasteiger partial charge on any atom is 0.0103 e. The fourth-order valence-electron chi connectivity index (χ4n) is 4.13. The van der Waals surface area contributed by atoms with Gasteiger partial charge in [0.25, 0.3) is 0 Å². The molecular weight excluding hydrogens is 208 g/mol. The summed E-state index contributed by atoms with van der Waals surface area (Å²) < 4.78 is 0. The van der Waals surface area contributed by atoms with E-state index in [1.165, 1.54) is 45.2 Å². The lowest BCUT2D eigenvalue weighted by Gasteiger charge is -2.46. The molecule has 2 N–H and O–H groups in total. The van der Waals surface area contributed by atoms with E-state index < -0.39 is 0 Å². The third-order valence-electron chi connectivity index (χ3n) is 4.86. The largest absolute Gasteiger partial charge is 0.330 e. The van der Waals surface area contributed by atoms with Crippen LogP contribution in [0.3, 0.4) is 0 Å². The van der Waals surface area contributed by atoms with Crippen LogP contribution in [0.5, 0.6) is 0 Å². The standard InChI is InChI=1S/C15H30N2/c1-12-8-14(10-15(2,3)9-12)17-6-4-13(11-16)5-7-17/h12-14H,4-11,16H2,1-3H3/t12-,14-/m1/s1. The Balaban J connectivity index is 1.90. The molecule has 2 aliphatic rings. The first-order valence-electron chi connectivity index (χ1n) is 7.44. The van der Waals surface area contributed by atoms with Crippen molar-refractivity contribution in [1.82, 2.24) is 4.90 Å². The third-order valence-corrected chi connectivity index (χ3v) is 4.86. The Bertz CT molecular complexity index is 241. The molecule has 1 aliphatic carbocycles. The lowest BCUT2D eigenvalue weighted by Crippen LogP contribution is -2.47. The zero-order valence-electron chi connectivity index (χ0n) is 11.9. The van der Waals surface area contributed by atoms with Crippen LogP contribution >= 0.6 is 0 Å². The quantitative estimate of drug-likeness (QED) is 0.801. The summed E-state index contributed by atoms with van der Waals surface area (Å²) in [4.78, 5) is 2.75. The van der Waals surface area contributed by atoms with E-state index in [1.807, 2.05) is 0 Å². The van der Waals surface area contributed by atoms with Gasteiger partial charge in [0.1, 0.15) is 0 Å². The van der Waals surface area contributed by atoms with Crippen LogP contribution in [-0.2, 0) is 0 Å². The summed E-state index contributed by atoms with van der Waals surface area (Å²) >= 11 is 0. The first kappa shape index (κ1) is 13.4. The van der Waals surface area contributed by atoms with Gasteiger partial charge in [0, 0.05) is 6.04 Å². The Kier molecular flexibility index (Phi) is 4.14. The first-order chi connectivity index (χ1) is 8.00. The highest BCUT2D eigenvalue weighted by molar-refractivity contribution is 4.89. The van der Waals surface area contributed by atoms with Crippen molar-refractivity contribution in [2.45, 2.75) is 58.9 Å². The second-order valence-electron chi connectivity index (χ2n) is 7.28. The van der Waals surface area contributed by atoms with Gasteiger partial charge >= 0.3 is 0 Å². The number of nitrogens with zero attached hydrogens (tertiary/aromatic N) is 1. The van der Waals surface area contributed by atoms with Crippen molar-refractivity contribution in [2.75, 3.05) is 19.6 Å². The summed E-state index contributed by atoms with van der Waals surface area (Å²) in [5.41, 5.74) is 6.32. The van der Waals surface area contributed by atoms with E-state index in [0.29, 0.717) is 5.41 Å². The van der Waals surface area contributed by atoms with E-state index in [0.717, 1.165) is 24.4 Å². The number of piperidine rings is 1. The maximum atomic E-state index is 5.77. The van der Waals surface area contributed by atoms with Crippen molar-refractivity contribution in [2.24, 2.45) is 23.0 Å². The summed E-state index contributed by atoms with van der Waals surface area (Å²) in [6.45, 7) is 10.8. The lowest BCUT2D eigenvalue weighted by atomic mass is 9.70. The summed E-state index contributed by atoms with van der Waals surface area (Å²) in [5.74, 6) is 1.69. The molecule has 0 spiro atoms. The Morgan fingerprint density at radius 3 is 2.35 bits per heavy atom. The van der Waals surface area contributed by atoms with Crippen LogP contribution < -0.4 is 5.73 Å². The SMILES string of the molecule is C[C@@H]1C[C@@H](N2CCC(CN)CC2)CC(C)(C)C1. The zero-order valence-corrected chi connectivity index (χ0v) is 11.9. The van der Waals surface area contributed by atoms with Gasteiger partial charge in [-0.3, -0.25) is 0 Å². The van der Waals surface area contributed by atoms with Gasteiger partial charge < -0.3 is 10.6 Å². The molecule has 0 amide bonds. The monoisotopic (exact) mass is 238 g/mol. The Labute approximate surface area is 107 Å². The summed E-state index contributed by atoms with van der Waals surface area (Å²) in [7, 11) is 0. The minimum absolute atomic E-state index is 0.549. The first-order valence-corrected chi connectivity index (χ1v) is 7.44. The molecular formula is C15H30N2. The van der Waals surface area contributed by atoms with Gasteiger partial charge in [-0.1, -0.05) is 20.8 Å². The Morgan fingerprint density at radius 1 is 1.18 bits per heavy atom. The average molecular weight is 238 g/mol. The average Bonchev–Trinajstić information content (AvgIpc) is 2.26. The molecule has 1 saturated carbocycles. The zero-order chi connectivity index (χ0) is 12.5. The van der Waals surface area contributed by atoms with Crippen LogP contribution in [0.1, 0.15) is 52.9 Å². The molecule has 1 aliphatic heterocycles. The van der Waals surface area contributed by atoms with Crippen molar-refractivity contribution in [3.05, 3.63) is 0 Å². The van der Waals surface area contributed by atoms with Crippen LogP contribution in [-0.4, -0.2) is 30.6 Å². The molecule has 100 valence electrons. The number of likely N-dealkylation sites (tertiary alicyclic amines) is 1. The molecule has 2 heteroatoms. The van der Waals surface area contributed by atoms with Crippen molar-refractivity contribution >= 4 is 0 Å². The van der Waals surface area contributed by atoms with Gasteiger partial charge in [0.05, 0.1) is 0 Å². The van der Waals surface area contributed by atoms with Crippen LogP contribution in [0.15, 0.2) is 0 Å². The number of nitrogens with two attached hydrogens (primary N) is 1. The number of hydrogen-bond donors (Lipinski definition) is 1. The molecule has 2 nitrogen and oxygen atoms in total. The topological polar surface area (TPSA) is 29.3 Å². The molecule has 2 fully saturated rings. The lowest BCUT2D eigenvalue weighted by molar-refractivity contribution is 0.0453. The summed E-state index contributed by atoms with van der Waals surface area (Å²) in [6, 6.07) is 0.840. The molecule has 0 aromatic rings. The highest BCUT2D eigenvalue weighted by atomic mass is 15.2. The van der Waals surface area contributed by atoms with Crippen LogP contribution in [0.25, 0.3) is 0 Å². The molecule has 17 heavy (non-hydrogen) atoms. The van der Waals surface area contributed by atoms with Crippen LogP contribution in [0, 0.1) is 17.3 Å².